The Labute approximate surface area is 36.6 Å². The number of rotatable bonds is 0. The van der Waals surface area contributed by atoms with Gasteiger partial charge in [-0.15, -0.1) is 0 Å². The Kier molecular flexibility index (Phi) is 0.383. The van der Waals surface area contributed by atoms with Crippen molar-refractivity contribution in [3.8, 4) is 0 Å². The minimum absolute atomic E-state index is 0.616. The molecular formula is C4H7NO. The first-order valence-corrected chi connectivity index (χ1v) is 2.37. The number of nitrogens with zero attached hydrogens (tertiary/aromatic N) is 1. The highest BCUT2D eigenvalue weighted by molar-refractivity contribution is 4.78. The van der Waals surface area contributed by atoms with Crippen LogP contribution in [0.2, 0.25) is 0 Å². The lowest BCUT2D eigenvalue weighted by Crippen LogP contribution is -2.36. The van der Waals surface area contributed by atoms with Gasteiger partial charge in [0.2, 0.25) is 0 Å². The van der Waals surface area contributed by atoms with Gasteiger partial charge in [-0.25, -0.2) is 0 Å². The summed E-state index contributed by atoms with van der Waals surface area (Å²) in [5.41, 5.74) is 0. The molecule has 0 amide bonds. The Morgan fingerprint density at radius 3 is 2.67 bits per heavy atom. The van der Waals surface area contributed by atoms with Gasteiger partial charge in [0.15, 0.2) is 0 Å². The van der Waals surface area contributed by atoms with Crippen molar-refractivity contribution in [1.82, 2.24) is 5.06 Å². The second-order valence-corrected chi connectivity index (χ2v) is 1.90. The normalized spacial score (nSPS) is 52.0. The maximum absolute atomic E-state index is 5.08. The van der Waals surface area contributed by atoms with E-state index < -0.39 is 0 Å². The highest BCUT2D eigenvalue weighted by Crippen LogP contribution is 2.23. The molecule has 0 spiro atoms. The maximum atomic E-state index is 5.08. The summed E-state index contributed by atoms with van der Waals surface area (Å²) in [7, 11) is 0. The van der Waals surface area contributed by atoms with Crippen LogP contribution in [-0.4, -0.2) is 24.3 Å². The lowest BCUT2D eigenvalue weighted by atomic mass is 10.3. The molecule has 2 atom stereocenters. The van der Waals surface area contributed by atoms with Crippen LogP contribution in [0.3, 0.4) is 0 Å². The molecule has 3 saturated heterocycles. The van der Waals surface area contributed by atoms with Crippen LogP contribution in [0.1, 0.15) is 6.42 Å². The average molecular weight is 85.1 g/mol. The van der Waals surface area contributed by atoms with Crippen molar-refractivity contribution >= 4 is 0 Å². The van der Waals surface area contributed by atoms with Crippen LogP contribution in [0.4, 0.5) is 0 Å². The second kappa shape index (κ2) is 0.768. The molecule has 0 aromatic heterocycles. The van der Waals surface area contributed by atoms with E-state index >= 15 is 0 Å². The zero-order valence-corrected chi connectivity index (χ0v) is 3.55. The smallest absolute Gasteiger partial charge is 0.0956 e. The van der Waals surface area contributed by atoms with Crippen molar-refractivity contribution < 1.29 is 4.84 Å². The van der Waals surface area contributed by atoms with Gasteiger partial charge in [0.1, 0.15) is 0 Å². The van der Waals surface area contributed by atoms with Crippen molar-refractivity contribution in [2.75, 3.05) is 13.1 Å². The van der Waals surface area contributed by atoms with Crippen LogP contribution in [0, 0.1) is 0 Å². The molecule has 6 heavy (non-hydrogen) atoms. The Balaban J connectivity index is 2.16. The van der Waals surface area contributed by atoms with Gasteiger partial charge in [-0.3, -0.25) is 4.84 Å². The van der Waals surface area contributed by atoms with E-state index in [0.29, 0.717) is 6.10 Å². The number of fused-ring (bicyclic) bond motifs is 1. The molecule has 0 radical (unpaired) electrons. The van der Waals surface area contributed by atoms with E-state index in [1.165, 1.54) is 19.5 Å². The van der Waals surface area contributed by atoms with Crippen molar-refractivity contribution in [2.45, 2.75) is 12.5 Å². The zero-order chi connectivity index (χ0) is 3.98. The summed E-state index contributed by atoms with van der Waals surface area (Å²) in [5, 5.41) is 2.00. The fourth-order valence-electron chi connectivity index (χ4n) is 1.01. The van der Waals surface area contributed by atoms with Crippen molar-refractivity contribution in [3.63, 3.8) is 0 Å². The van der Waals surface area contributed by atoms with Gasteiger partial charge < -0.3 is 0 Å². The maximum Gasteiger partial charge on any atom is 0.0956 e. The minimum atomic E-state index is 0.616. The van der Waals surface area contributed by atoms with Gasteiger partial charge >= 0.3 is 0 Å². The van der Waals surface area contributed by atoms with E-state index in [2.05, 4.69) is 0 Å². The monoisotopic (exact) mass is 85.1 g/mol. The fourth-order valence-corrected chi connectivity index (χ4v) is 1.01. The van der Waals surface area contributed by atoms with E-state index in [9.17, 15) is 0 Å². The molecule has 0 aliphatic carbocycles. The third-order valence-corrected chi connectivity index (χ3v) is 1.41. The molecule has 0 aromatic rings. The molecule has 0 N–H and O–H groups in total. The lowest BCUT2D eigenvalue weighted by molar-refractivity contribution is -0.241. The molecule has 3 aliphatic heterocycles. The summed E-state index contributed by atoms with van der Waals surface area (Å²) in [4.78, 5) is 5.08. The summed E-state index contributed by atoms with van der Waals surface area (Å²) in [5.74, 6) is 0. The van der Waals surface area contributed by atoms with Gasteiger partial charge in [0, 0.05) is 6.54 Å². The molecule has 3 heterocycles. The molecule has 3 rings (SSSR count). The number of hydrogen-bond donors (Lipinski definition) is 0. The minimum Gasteiger partial charge on any atom is -0.294 e. The highest BCUT2D eigenvalue weighted by Gasteiger charge is 2.35. The van der Waals surface area contributed by atoms with Crippen LogP contribution < -0.4 is 0 Å². The van der Waals surface area contributed by atoms with E-state index in [0.717, 1.165) is 0 Å². The Hall–Kier alpha value is -0.0800. The van der Waals surface area contributed by atoms with Gasteiger partial charge in [0.25, 0.3) is 0 Å². The summed E-state index contributed by atoms with van der Waals surface area (Å²) in [6.07, 6.45) is 1.88. The van der Waals surface area contributed by atoms with Crippen molar-refractivity contribution in [3.05, 3.63) is 0 Å². The molecule has 34 valence electrons. The summed E-state index contributed by atoms with van der Waals surface area (Å²) < 4.78 is 0. The molecule has 2 nitrogen and oxygen atoms in total. The highest BCUT2D eigenvalue weighted by atomic mass is 16.7. The molecule has 3 aliphatic rings. The molecular weight excluding hydrogens is 78.0 g/mol. The van der Waals surface area contributed by atoms with Crippen LogP contribution in [0.15, 0.2) is 0 Å². The Morgan fingerprint density at radius 1 is 1.67 bits per heavy atom. The molecule has 0 aromatic carbocycles. The van der Waals surface area contributed by atoms with Crippen LogP contribution in [0.25, 0.3) is 0 Å². The number of hydroxylamine groups is 2. The van der Waals surface area contributed by atoms with Crippen LogP contribution in [-0.2, 0) is 4.84 Å². The fraction of sp³-hybridized carbons (Fsp3) is 1.00. The van der Waals surface area contributed by atoms with Crippen LogP contribution >= 0.6 is 0 Å². The topological polar surface area (TPSA) is 12.5 Å². The molecule has 2 unspecified atom stereocenters. The largest absolute Gasteiger partial charge is 0.294 e. The molecule has 2 heteroatoms. The summed E-state index contributed by atoms with van der Waals surface area (Å²) in [6, 6.07) is 0. The SMILES string of the molecule is C1CN2CC1O2. The van der Waals surface area contributed by atoms with E-state index in [1.807, 2.05) is 5.06 Å². The Morgan fingerprint density at radius 2 is 2.50 bits per heavy atom. The second-order valence-electron chi connectivity index (χ2n) is 1.90. The first kappa shape index (κ1) is 2.99. The van der Waals surface area contributed by atoms with E-state index in [1.54, 1.807) is 0 Å². The van der Waals surface area contributed by atoms with E-state index in [-0.39, 0.29) is 0 Å². The number of hydrogen-bond acceptors (Lipinski definition) is 2. The molecule has 3 fully saturated rings. The van der Waals surface area contributed by atoms with Gasteiger partial charge in [-0.05, 0) is 6.42 Å². The first-order valence-electron chi connectivity index (χ1n) is 2.37. The summed E-state index contributed by atoms with van der Waals surface area (Å²) in [6.45, 7) is 2.37. The third kappa shape index (κ3) is 0.200. The predicted octanol–water partition coefficient (Wildman–Crippen LogP) is 0.00590. The van der Waals surface area contributed by atoms with Gasteiger partial charge in [0.05, 0.1) is 12.6 Å². The van der Waals surface area contributed by atoms with Gasteiger partial charge in [-0.1, -0.05) is 0 Å². The first-order chi connectivity index (χ1) is 2.95. The summed E-state index contributed by atoms with van der Waals surface area (Å²) >= 11 is 0. The predicted molar refractivity (Wildman–Crippen MR) is 21.1 cm³/mol. The lowest BCUT2D eigenvalue weighted by Gasteiger charge is -2.25. The quantitative estimate of drug-likeness (QED) is 0.410. The average Bonchev–Trinajstić information content (AvgIpc) is 1.72. The third-order valence-electron chi connectivity index (χ3n) is 1.41. The van der Waals surface area contributed by atoms with Gasteiger partial charge in [-0.2, -0.15) is 5.06 Å². The standard InChI is InChI=1S/C4H7NO/c1-2-5-3-4(1)6-5/h4H,1-3H2. The van der Waals surface area contributed by atoms with Crippen LogP contribution in [0.5, 0.6) is 0 Å². The van der Waals surface area contributed by atoms with Crippen molar-refractivity contribution in [2.24, 2.45) is 0 Å². The molecule has 0 saturated carbocycles. The zero-order valence-electron chi connectivity index (χ0n) is 3.55. The van der Waals surface area contributed by atoms with Crippen molar-refractivity contribution in [1.29, 1.82) is 0 Å². The Bertz CT molecular complexity index is 54.4. The molecule has 2 bridgehead atoms. The van der Waals surface area contributed by atoms with E-state index in [4.69, 9.17) is 4.84 Å².